The third-order valence-electron chi connectivity index (χ3n) is 5.81. The van der Waals surface area contributed by atoms with Crippen LogP contribution in [0.1, 0.15) is 37.8 Å². The first kappa shape index (κ1) is 22.7. The van der Waals surface area contributed by atoms with Gasteiger partial charge in [-0.15, -0.1) is 0 Å². The van der Waals surface area contributed by atoms with Crippen molar-refractivity contribution in [1.82, 2.24) is 20.4 Å². The van der Waals surface area contributed by atoms with Gasteiger partial charge in [0.15, 0.2) is 0 Å². The van der Waals surface area contributed by atoms with Gasteiger partial charge in [-0.05, 0) is 30.4 Å². The van der Waals surface area contributed by atoms with Gasteiger partial charge in [0.2, 0.25) is 11.8 Å². The Bertz CT molecular complexity index is 834. The molecule has 0 radical (unpaired) electrons. The number of imide groups is 1. The zero-order valence-electron chi connectivity index (χ0n) is 18.2. The van der Waals surface area contributed by atoms with Gasteiger partial charge in [0, 0.05) is 31.9 Å². The number of benzene rings is 1. The maximum absolute atomic E-state index is 12.7. The number of amides is 5. The van der Waals surface area contributed by atoms with E-state index in [9.17, 15) is 19.2 Å². The lowest BCUT2D eigenvalue weighted by Crippen LogP contribution is -2.41. The summed E-state index contributed by atoms with van der Waals surface area (Å²) in [6.07, 6.45) is 2.40. The highest BCUT2D eigenvalue weighted by molar-refractivity contribution is 6.05. The van der Waals surface area contributed by atoms with Crippen LogP contribution in [-0.4, -0.2) is 72.3 Å². The predicted octanol–water partition coefficient (Wildman–Crippen LogP) is 0.882. The van der Waals surface area contributed by atoms with Gasteiger partial charge < -0.3 is 15.5 Å². The highest BCUT2D eigenvalue weighted by atomic mass is 16.2. The van der Waals surface area contributed by atoms with Gasteiger partial charge in [-0.3, -0.25) is 24.6 Å². The van der Waals surface area contributed by atoms with Gasteiger partial charge >= 0.3 is 6.03 Å². The minimum atomic E-state index is -0.809. The van der Waals surface area contributed by atoms with Gasteiger partial charge in [0.25, 0.3) is 5.91 Å². The van der Waals surface area contributed by atoms with E-state index in [1.165, 1.54) is 0 Å². The molecule has 1 atom stereocenters. The molecule has 31 heavy (non-hydrogen) atoms. The fourth-order valence-corrected chi connectivity index (χ4v) is 4.07. The van der Waals surface area contributed by atoms with Crippen molar-refractivity contribution in [3.63, 3.8) is 0 Å². The molecule has 0 aliphatic carbocycles. The van der Waals surface area contributed by atoms with Crippen molar-refractivity contribution < 1.29 is 19.2 Å². The monoisotopic (exact) mass is 429 g/mol. The van der Waals surface area contributed by atoms with E-state index in [-0.39, 0.29) is 24.8 Å². The molecule has 5 amide bonds. The zero-order chi connectivity index (χ0) is 22.4. The molecule has 168 valence electrons. The molecular weight excluding hydrogens is 398 g/mol. The number of urea groups is 1. The van der Waals surface area contributed by atoms with Gasteiger partial charge in [-0.1, -0.05) is 32.0 Å². The van der Waals surface area contributed by atoms with E-state index in [1.807, 2.05) is 23.1 Å². The summed E-state index contributed by atoms with van der Waals surface area (Å²) >= 11 is 0. The Morgan fingerprint density at radius 2 is 1.77 bits per heavy atom. The van der Waals surface area contributed by atoms with Crippen LogP contribution < -0.4 is 16.0 Å². The lowest BCUT2D eigenvalue weighted by molar-refractivity contribution is -0.133. The summed E-state index contributed by atoms with van der Waals surface area (Å²) in [6, 6.07) is 4.73. The number of nitrogens with one attached hydrogen (secondary N) is 3. The number of para-hydroxylation sites is 1. The number of anilines is 1. The van der Waals surface area contributed by atoms with Gasteiger partial charge in [0.05, 0.1) is 13.0 Å². The van der Waals surface area contributed by atoms with Crippen molar-refractivity contribution in [3.8, 4) is 0 Å². The van der Waals surface area contributed by atoms with Gasteiger partial charge in [-0.25, -0.2) is 4.79 Å². The first-order valence-corrected chi connectivity index (χ1v) is 10.9. The van der Waals surface area contributed by atoms with E-state index in [1.54, 1.807) is 4.90 Å². The molecule has 0 bridgehead atoms. The second-order valence-electron chi connectivity index (χ2n) is 7.94. The third-order valence-corrected chi connectivity index (χ3v) is 5.81. The van der Waals surface area contributed by atoms with Crippen molar-refractivity contribution in [2.75, 3.05) is 38.0 Å². The fraction of sp³-hybridized carbons (Fsp3) is 0.545. The van der Waals surface area contributed by atoms with Crippen LogP contribution in [0.15, 0.2) is 18.2 Å². The number of carbonyl (C=O) groups excluding carboxylic acids is 4. The van der Waals surface area contributed by atoms with Crippen LogP contribution in [0.4, 0.5) is 10.5 Å². The smallest absolute Gasteiger partial charge is 0.322 e. The Labute approximate surface area is 182 Å². The summed E-state index contributed by atoms with van der Waals surface area (Å²) in [5.41, 5.74) is 3.17. The Hall–Kier alpha value is -2.94. The van der Waals surface area contributed by atoms with Crippen LogP contribution >= 0.6 is 0 Å². The standard InChI is InChI=1S/C22H31N5O4/c1-3-15-7-5-8-16(4-2)20(15)24-18(28)14-26-9-6-10-27(12-11-26)19(29)13-17-21(30)25-22(31)23-17/h5,7-8,17H,3-4,6,9-14H2,1-2H3,(H,24,28)(H2,23,25,30,31). The largest absolute Gasteiger partial charge is 0.341 e. The molecule has 9 heteroatoms. The summed E-state index contributed by atoms with van der Waals surface area (Å²) in [5.74, 6) is -0.691. The Morgan fingerprint density at radius 1 is 1.06 bits per heavy atom. The molecule has 0 aromatic heterocycles. The fourth-order valence-electron chi connectivity index (χ4n) is 4.07. The minimum Gasteiger partial charge on any atom is -0.341 e. The number of carbonyl (C=O) groups is 4. The zero-order valence-corrected chi connectivity index (χ0v) is 18.2. The molecule has 2 saturated heterocycles. The number of hydrogen-bond donors (Lipinski definition) is 3. The number of rotatable bonds is 7. The van der Waals surface area contributed by atoms with Crippen molar-refractivity contribution >= 4 is 29.4 Å². The predicted molar refractivity (Wildman–Crippen MR) is 117 cm³/mol. The van der Waals surface area contributed by atoms with Crippen molar-refractivity contribution in [2.45, 2.75) is 45.6 Å². The van der Waals surface area contributed by atoms with Crippen molar-refractivity contribution in [3.05, 3.63) is 29.3 Å². The van der Waals surface area contributed by atoms with Gasteiger partial charge in [-0.2, -0.15) is 0 Å². The maximum atomic E-state index is 12.7. The SMILES string of the molecule is CCc1cccc(CC)c1NC(=O)CN1CCCN(C(=O)CC2NC(=O)NC2=O)CC1. The number of nitrogens with zero attached hydrogens (tertiary/aromatic N) is 2. The normalized spacial score (nSPS) is 19.5. The minimum absolute atomic E-state index is 0.0499. The molecular formula is C22H31N5O4. The summed E-state index contributed by atoms with van der Waals surface area (Å²) in [7, 11) is 0. The van der Waals surface area contributed by atoms with Crippen LogP contribution in [0.25, 0.3) is 0 Å². The second kappa shape index (κ2) is 10.4. The Morgan fingerprint density at radius 3 is 2.39 bits per heavy atom. The van der Waals surface area contributed by atoms with Crippen LogP contribution in [0.3, 0.4) is 0 Å². The van der Waals surface area contributed by atoms with Crippen molar-refractivity contribution in [2.24, 2.45) is 0 Å². The van der Waals surface area contributed by atoms with E-state index >= 15 is 0 Å². The average Bonchev–Trinajstić information content (AvgIpc) is 2.92. The highest BCUT2D eigenvalue weighted by Crippen LogP contribution is 2.22. The summed E-state index contributed by atoms with van der Waals surface area (Å²) < 4.78 is 0. The lowest BCUT2D eigenvalue weighted by atomic mass is 10.0. The molecule has 2 aliphatic heterocycles. The van der Waals surface area contributed by atoms with E-state index in [0.29, 0.717) is 26.2 Å². The third kappa shape index (κ3) is 5.81. The van der Waals surface area contributed by atoms with Crippen LogP contribution in [0.2, 0.25) is 0 Å². The van der Waals surface area contributed by atoms with E-state index < -0.39 is 18.0 Å². The Balaban J connectivity index is 1.52. The van der Waals surface area contributed by atoms with Crippen LogP contribution in [0.5, 0.6) is 0 Å². The summed E-state index contributed by atoms with van der Waals surface area (Å²) in [5, 5.41) is 7.69. The molecule has 2 fully saturated rings. The molecule has 2 aliphatic rings. The molecule has 9 nitrogen and oxygen atoms in total. The average molecular weight is 430 g/mol. The van der Waals surface area contributed by atoms with Crippen LogP contribution in [-0.2, 0) is 27.2 Å². The van der Waals surface area contributed by atoms with E-state index in [2.05, 4.69) is 29.8 Å². The molecule has 0 spiro atoms. The molecule has 3 N–H and O–H groups in total. The molecule has 1 unspecified atom stereocenters. The lowest BCUT2D eigenvalue weighted by Gasteiger charge is -2.23. The molecule has 1 aromatic carbocycles. The Kier molecular flexibility index (Phi) is 7.62. The molecule has 1 aromatic rings. The second-order valence-corrected chi connectivity index (χ2v) is 7.94. The van der Waals surface area contributed by atoms with E-state index in [4.69, 9.17) is 0 Å². The van der Waals surface area contributed by atoms with Crippen molar-refractivity contribution in [1.29, 1.82) is 0 Å². The van der Waals surface area contributed by atoms with Gasteiger partial charge in [0.1, 0.15) is 6.04 Å². The number of hydrogen-bond acceptors (Lipinski definition) is 5. The molecule has 0 saturated carbocycles. The molecule has 2 heterocycles. The summed E-state index contributed by atoms with van der Waals surface area (Å²) in [4.78, 5) is 51.9. The molecule has 3 rings (SSSR count). The quantitative estimate of drug-likeness (QED) is 0.558. The number of aryl methyl sites for hydroxylation is 2. The highest BCUT2D eigenvalue weighted by Gasteiger charge is 2.33. The topological polar surface area (TPSA) is 111 Å². The first-order valence-electron chi connectivity index (χ1n) is 10.9. The van der Waals surface area contributed by atoms with Crippen LogP contribution in [0, 0.1) is 0 Å². The van der Waals surface area contributed by atoms with E-state index in [0.717, 1.165) is 36.1 Å². The first-order chi connectivity index (χ1) is 14.9. The maximum Gasteiger partial charge on any atom is 0.322 e. The summed E-state index contributed by atoms with van der Waals surface area (Å²) in [6.45, 7) is 6.77.